The predicted octanol–water partition coefficient (Wildman–Crippen LogP) is 2.80. The van der Waals surface area contributed by atoms with Crippen LogP contribution in [0.15, 0.2) is 0 Å². The molecule has 3 heteroatoms. The fourth-order valence-electron chi connectivity index (χ4n) is 4.41. The molecule has 1 heterocycles. The third kappa shape index (κ3) is 4.67. The minimum absolute atomic E-state index is 0.481. The quantitative estimate of drug-likeness (QED) is 0.869. The molecule has 2 N–H and O–H groups in total. The number of likely N-dealkylation sites (N-methyl/N-ethyl adjacent to an activating group) is 1. The summed E-state index contributed by atoms with van der Waals surface area (Å²) in [6.07, 6.45) is 6.87. The SMILES string of the molecule is CN1CCCN(C(CN)C2CCC(C(C)(C)C)CC2)CC1. The Hall–Kier alpha value is -0.120. The number of nitrogens with two attached hydrogens (primary N) is 1. The van der Waals surface area contributed by atoms with Gasteiger partial charge in [-0.1, -0.05) is 20.8 Å². The van der Waals surface area contributed by atoms with Crippen LogP contribution in [0, 0.1) is 17.3 Å². The molecule has 2 rings (SSSR count). The molecule has 1 saturated carbocycles. The Morgan fingerprint density at radius 1 is 1.00 bits per heavy atom. The summed E-state index contributed by atoms with van der Waals surface area (Å²) in [7, 11) is 2.25. The second-order valence-corrected chi connectivity index (χ2v) is 8.47. The highest BCUT2D eigenvalue weighted by molar-refractivity contribution is 4.88. The van der Waals surface area contributed by atoms with Gasteiger partial charge in [-0.25, -0.2) is 0 Å². The molecule has 1 aliphatic carbocycles. The Kier molecular flexibility index (Phi) is 6.10. The predicted molar refractivity (Wildman–Crippen MR) is 91.4 cm³/mol. The van der Waals surface area contributed by atoms with Crippen LogP contribution in [-0.2, 0) is 0 Å². The first-order valence-electron chi connectivity index (χ1n) is 9.04. The van der Waals surface area contributed by atoms with Gasteiger partial charge in [-0.15, -0.1) is 0 Å². The maximum atomic E-state index is 6.19. The van der Waals surface area contributed by atoms with Crippen molar-refractivity contribution in [3.8, 4) is 0 Å². The molecular formula is C18H37N3. The summed E-state index contributed by atoms with van der Waals surface area (Å²) >= 11 is 0. The average Bonchev–Trinajstić information content (AvgIpc) is 2.65. The molecule has 21 heavy (non-hydrogen) atoms. The fraction of sp³-hybridized carbons (Fsp3) is 1.00. The molecule has 0 aromatic rings. The van der Waals surface area contributed by atoms with Gasteiger partial charge >= 0.3 is 0 Å². The van der Waals surface area contributed by atoms with Crippen molar-refractivity contribution < 1.29 is 0 Å². The van der Waals surface area contributed by atoms with Crippen molar-refractivity contribution in [3.63, 3.8) is 0 Å². The van der Waals surface area contributed by atoms with E-state index < -0.39 is 0 Å². The van der Waals surface area contributed by atoms with E-state index in [4.69, 9.17) is 5.73 Å². The third-order valence-corrected chi connectivity index (χ3v) is 6.01. The van der Waals surface area contributed by atoms with Gasteiger partial charge in [0.1, 0.15) is 0 Å². The molecular weight excluding hydrogens is 258 g/mol. The van der Waals surface area contributed by atoms with E-state index >= 15 is 0 Å². The van der Waals surface area contributed by atoms with E-state index in [1.165, 1.54) is 58.3 Å². The summed E-state index contributed by atoms with van der Waals surface area (Å²) in [4.78, 5) is 5.16. The maximum absolute atomic E-state index is 6.19. The second kappa shape index (κ2) is 7.43. The molecule has 1 aliphatic heterocycles. The van der Waals surface area contributed by atoms with Gasteiger partial charge in [0.15, 0.2) is 0 Å². The van der Waals surface area contributed by atoms with Crippen LogP contribution in [0.3, 0.4) is 0 Å². The highest BCUT2D eigenvalue weighted by Crippen LogP contribution is 2.41. The molecule has 1 atom stereocenters. The highest BCUT2D eigenvalue weighted by Gasteiger charge is 2.34. The molecule has 1 saturated heterocycles. The summed E-state index contributed by atoms with van der Waals surface area (Å²) in [6, 6.07) is 0.623. The zero-order valence-corrected chi connectivity index (χ0v) is 14.8. The van der Waals surface area contributed by atoms with E-state index in [9.17, 15) is 0 Å². The first-order valence-corrected chi connectivity index (χ1v) is 9.04. The topological polar surface area (TPSA) is 32.5 Å². The fourth-order valence-corrected chi connectivity index (χ4v) is 4.41. The summed E-state index contributed by atoms with van der Waals surface area (Å²) < 4.78 is 0. The largest absolute Gasteiger partial charge is 0.329 e. The van der Waals surface area contributed by atoms with Crippen LogP contribution in [-0.4, -0.2) is 55.6 Å². The Balaban J connectivity index is 1.90. The van der Waals surface area contributed by atoms with Crippen LogP contribution in [0.4, 0.5) is 0 Å². The van der Waals surface area contributed by atoms with Crippen LogP contribution in [0.1, 0.15) is 52.9 Å². The van der Waals surface area contributed by atoms with E-state index in [-0.39, 0.29) is 0 Å². The van der Waals surface area contributed by atoms with Crippen molar-refractivity contribution >= 4 is 0 Å². The van der Waals surface area contributed by atoms with Gasteiger partial charge in [0.2, 0.25) is 0 Å². The lowest BCUT2D eigenvalue weighted by atomic mass is 9.68. The van der Waals surface area contributed by atoms with Crippen molar-refractivity contribution in [3.05, 3.63) is 0 Å². The normalized spacial score (nSPS) is 31.9. The van der Waals surface area contributed by atoms with Crippen molar-refractivity contribution in [2.45, 2.75) is 58.9 Å². The van der Waals surface area contributed by atoms with Crippen LogP contribution < -0.4 is 5.73 Å². The molecule has 0 spiro atoms. The number of hydrogen-bond donors (Lipinski definition) is 1. The zero-order chi connectivity index (χ0) is 15.5. The van der Waals surface area contributed by atoms with Gasteiger partial charge < -0.3 is 10.6 Å². The zero-order valence-electron chi connectivity index (χ0n) is 14.8. The van der Waals surface area contributed by atoms with E-state index in [1.807, 2.05) is 0 Å². The molecule has 0 amide bonds. The van der Waals surface area contributed by atoms with E-state index in [0.717, 1.165) is 18.4 Å². The molecule has 2 fully saturated rings. The standard InChI is InChI=1S/C18H37N3/c1-18(2,3)16-8-6-15(7-9-16)17(14-19)21-11-5-10-20(4)12-13-21/h15-17H,5-14,19H2,1-4H3. The van der Waals surface area contributed by atoms with Gasteiger partial charge in [-0.3, -0.25) is 4.90 Å². The third-order valence-electron chi connectivity index (χ3n) is 6.01. The summed E-state index contributed by atoms with van der Waals surface area (Å²) in [5.41, 5.74) is 6.67. The minimum atomic E-state index is 0.481. The van der Waals surface area contributed by atoms with E-state index in [0.29, 0.717) is 11.5 Å². The molecule has 124 valence electrons. The van der Waals surface area contributed by atoms with Crippen molar-refractivity contribution in [1.82, 2.24) is 9.80 Å². The number of nitrogens with zero attached hydrogens (tertiary/aromatic N) is 2. The lowest BCUT2D eigenvalue weighted by Gasteiger charge is -2.42. The molecule has 0 aromatic heterocycles. The van der Waals surface area contributed by atoms with Crippen molar-refractivity contribution in [1.29, 1.82) is 0 Å². The Labute approximate surface area is 132 Å². The molecule has 3 nitrogen and oxygen atoms in total. The number of rotatable bonds is 3. The lowest BCUT2D eigenvalue weighted by molar-refractivity contribution is 0.0839. The maximum Gasteiger partial charge on any atom is 0.0247 e. The van der Waals surface area contributed by atoms with Gasteiger partial charge in [-0.2, -0.15) is 0 Å². The monoisotopic (exact) mass is 295 g/mol. The van der Waals surface area contributed by atoms with Crippen LogP contribution in [0.2, 0.25) is 0 Å². The van der Waals surface area contributed by atoms with Gasteiger partial charge in [-0.05, 0) is 69.5 Å². The van der Waals surface area contributed by atoms with E-state index in [2.05, 4.69) is 37.6 Å². The van der Waals surface area contributed by atoms with Crippen LogP contribution >= 0.6 is 0 Å². The second-order valence-electron chi connectivity index (χ2n) is 8.47. The molecule has 0 radical (unpaired) electrons. The Morgan fingerprint density at radius 3 is 2.24 bits per heavy atom. The Morgan fingerprint density at radius 2 is 1.67 bits per heavy atom. The lowest BCUT2D eigenvalue weighted by Crippen LogP contribution is -2.48. The van der Waals surface area contributed by atoms with E-state index in [1.54, 1.807) is 0 Å². The number of hydrogen-bond acceptors (Lipinski definition) is 3. The van der Waals surface area contributed by atoms with Crippen LogP contribution in [0.25, 0.3) is 0 Å². The highest BCUT2D eigenvalue weighted by atomic mass is 15.2. The first kappa shape index (κ1) is 17.2. The van der Waals surface area contributed by atoms with Crippen molar-refractivity contribution in [2.75, 3.05) is 39.8 Å². The van der Waals surface area contributed by atoms with Gasteiger partial charge in [0.25, 0.3) is 0 Å². The van der Waals surface area contributed by atoms with Crippen LogP contribution in [0.5, 0.6) is 0 Å². The Bertz CT molecular complexity index is 302. The minimum Gasteiger partial charge on any atom is -0.329 e. The summed E-state index contributed by atoms with van der Waals surface area (Å²) in [5.74, 6) is 1.74. The first-order chi connectivity index (χ1) is 9.91. The molecule has 0 aromatic carbocycles. The summed E-state index contributed by atoms with van der Waals surface area (Å²) in [5, 5.41) is 0. The molecule has 0 bridgehead atoms. The van der Waals surface area contributed by atoms with Gasteiger partial charge in [0.05, 0.1) is 0 Å². The van der Waals surface area contributed by atoms with Crippen molar-refractivity contribution in [2.24, 2.45) is 23.0 Å². The average molecular weight is 296 g/mol. The van der Waals surface area contributed by atoms with Gasteiger partial charge in [0, 0.05) is 25.7 Å². The summed E-state index contributed by atoms with van der Waals surface area (Å²) in [6.45, 7) is 12.9. The molecule has 1 unspecified atom stereocenters. The molecule has 2 aliphatic rings. The smallest absolute Gasteiger partial charge is 0.0247 e.